The first-order valence-corrected chi connectivity index (χ1v) is 6.37. The molecule has 1 saturated heterocycles. The smallest absolute Gasteiger partial charge is 0.306 e. The van der Waals surface area contributed by atoms with E-state index in [1.54, 1.807) is 6.08 Å². The summed E-state index contributed by atoms with van der Waals surface area (Å²) in [6, 6.07) is 0. The summed E-state index contributed by atoms with van der Waals surface area (Å²) >= 11 is 0. The molecule has 0 radical (unpaired) electrons. The van der Waals surface area contributed by atoms with Crippen LogP contribution in [0.15, 0.2) is 12.7 Å². The summed E-state index contributed by atoms with van der Waals surface area (Å²) in [4.78, 5) is 11.4. The van der Waals surface area contributed by atoms with E-state index in [2.05, 4.69) is 20.4 Å². The van der Waals surface area contributed by atoms with E-state index in [-0.39, 0.29) is 35.2 Å². The van der Waals surface area contributed by atoms with Crippen molar-refractivity contribution >= 4 is 5.97 Å². The molecule has 1 aliphatic carbocycles. The first-order valence-electron chi connectivity index (χ1n) is 6.37. The van der Waals surface area contributed by atoms with Gasteiger partial charge in [-0.2, -0.15) is 0 Å². The van der Waals surface area contributed by atoms with Gasteiger partial charge in [0.2, 0.25) is 0 Å². The van der Waals surface area contributed by atoms with Gasteiger partial charge in [0.15, 0.2) is 0 Å². The maximum atomic E-state index is 11.4. The zero-order chi connectivity index (χ0) is 12.8. The summed E-state index contributed by atoms with van der Waals surface area (Å²) in [5.74, 6) is 0.269. The Morgan fingerprint density at radius 2 is 2.24 bits per heavy atom. The number of rotatable bonds is 3. The number of carbonyl (C=O) groups is 1. The van der Waals surface area contributed by atoms with E-state index < -0.39 is 6.10 Å². The van der Waals surface area contributed by atoms with Gasteiger partial charge in [0.05, 0.1) is 12.5 Å². The molecule has 1 heterocycles. The number of aliphatic hydroxyl groups excluding tert-OH is 1. The molecular formula is C14H22O3. The lowest BCUT2D eigenvalue weighted by Gasteiger charge is -2.26. The van der Waals surface area contributed by atoms with E-state index in [0.717, 1.165) is 6.42 Å². The molecule has 0 unspecified atom stereocenters. The molecule has 0 aromatic rings. The van der Waals surface area contributed by atoms with Gasteiger partial charge in [0, 0.05) is 11.3 Å². The fourth-order valence-electron chi connectivity index (χ4n) is 3.47. The predicted molar refractivity (Wildman–Crippen MR) is 65.2 cm³/mol. The molecule has 2 rings (SSSR count). The molecule has 3 nitrogen and oxygen atoms in total. The van der Waals surface area contributed by atoms with Crippen LogP contribution in [0.3, 0.4) is 0 Å². The van der Waals surface area contributed by atoms with Crippen LogP contribution in [-0.2, 0) is 9.53 Å². The third-order valence-corrected chi connectivity index (χ3v) is 4.48. The van der Waals surface area contributed by atoms with Crippen LogP contribution < -0.4 is 0 Å². The summed E-state index contributed by atoms with van der Waals surface area (Å²) < 4.78 is 5.42. The Kier molecular flexibility index (Phi) is 3.06. The summed E-state index contributed by atoms with van der Waals surface area (Å²) in [5.41, 5.74) is -0.0244. The number of hydrogen-bond donors (Lipinski definition) is 1. The Labute approximate surface area is 103 Å². The third-order valence-electron chi connectivity index (χ3n) is 4.48. The van der Waals surface area contributed by atoms with E-state index >= 15 is 0 Å². The van der Waals surface area contributed by atoms with Crippen molar-refractivity contribution in [2.24, 2.45) is 23.2 Å². The number of aliphatic hydroxyl groups is 1. The molecule has 1 saturated carbocycles. The van der Waals surface area contributed by atoms with Gasteiger partial charge in [-0.3, -0.25) is 4.79 Å². The maximum Gasteiger partial charge on any atom is 0.306 e. The van der Waals surface area contributed by atoms with Crippen LogP contribution in [0.25, 0.3) is 0 Å². The van der Waals surface area contributed by atoms with Crippen molar-refractivity contribution in [1.82, 2.24) is 0 Å². The lowest BCUT2D eigenvalue weighted by Crippen LogP contribution is -2.30. The number of ether oxygens (including phenoxy) is 1. The number of carbonyl (C=O) groups excluding carboxylic acids is 1. The quantitative estimate of drug-likeness (QED) is 0.605. The Morgan fingerprint density at radius 1 is 1.59 bits per heavy atom. The highest BCUT2D eigenvalue weighted by Crippen LogP contribution is 2.53. The lowest BCUT2D eigenvalue weighted by molar-refractivity contribution is -0.145. The van der Waals surface area contributed by atoms with Gasteiger partial charge < -0.3 is 9.84 Å². The minimum atomic E-state index is -0.420. The molecule has 2 fully saturated rings. The van der Waals surface area contributed by atoms with Crippen molar-refractivity contribution < 1.29 is 14.6 Å². The number of hydrogen-bond acceptors (Lipinski definition) is 3. The normalized spacial score (nSPS) is 38.4. The predicted octanol–water partition coefficient (Wildman–Crippen LogP) is 2.15. The number of esters is 1. The van der Waals surface area contributed by atoms with E-state index in [1.165, 1.54) is 0 Å². The van der Waals surface area contributed by atoms with Crippen molar-refractivity contribution in [3.05, 3.63) is 12.7 Å². The molecule has 96 valence electrons. The van der Waals surface area contributed by atoms with Gasteiger partial charge in [-0.25, -0.2) is 0 Å². The van der Waals surface area contributed by atoms with E-state index in [1.807, 2.05) is 6.92 Å². The van der Waals surface area contributed by atoms with Crippen LogP contribution in [-0.4, -0.2) is 23.3 Å². The monoisotopic (exact) mass is 238 g/mol. The zero-order valence-electron chi connectivity index (χ0n) is 10.8. The van der Waals surface area contributed by atoms with Gasteiger partial charge in [0.25, 0.3) is 0 Å². The second-order valence-electron chi connectivity index (χ2n) is 6.22. The van der Waals surface area contributed by atoms with Gasteiger partial charge in [-0.15, -0.1) is 6.58 Å². The van der Waals surface area contributed by atoms with Gasteiger partial charge in [-0.05, 0) is 18.3 Å². The third kappa shape index (κ3) is 2.01. The van der Waals surface area contributed by atoms with Crippen molar-refractivity contribution in [3.8, 4) is 0 Å². The standard InChI is InChI=1S/C14H22O3/c1-5-8(2)12(16)10-7-14(3,4)13-9(10)6-11(15)17-13/h5,8-10,12-13,16H,1,6-7H2,2-4H3/t8-,9+,10+,12+,13+/m0/s1. The minimum Gasteiger partial charge on any atom is -0.461 e. The highest BCUT2D eigenvalue weighted by molar-refractivity contribution is 5.72. The SMILES string of the molecule is C=C[C@H](C)[C@@H](O)[C@@H]1CC(C)(C)[C@@H]2OC(=O)C[C@H]12. The Balaban J connectivity index is 2.20. The summed E-state index contributed by atoms with van der Waals surface area (Å²) in [7, 11) is 0. The van der Waals surface area contributed by atoms with E-state index in [9.17, 15) is 9.90 Å². The second-order valence-corrected chi connectivity index (χ2v) is 6.22. The first-order chi connectivity index (χ1) is 7.86. The van der Waals surface area contributed by atoms with Crippen molar-refractivity contribution in [1.29, 1.82) is 0 Å². The average molecular weight is 238 g/mol. The average Bonchev–Trinajstić information content (AvgIpc) is 2.75. The van der Waals surface area contributed by atoms with Crippen LogP contribution in [0, 0.1) is 23.2 Å². The summed E-state index contributed by atoms with van der Waals surface area (Å²) in [6.07, 6.45) is 2.71. The second kappa shape index (κ2) is 4.13. The molecule has 0 aromatic carbocycles. The fraction of sp³-hybridized carbons (Fsp3) is 0.786. The maximum absolute atomic E-state index is 11.4. The van der Waals surface area contributed by atoms with Crippen LogP contribution >= 0.6 is 0 Å². The van der Waals surface area contributed by atoms with Crippen LogP contribution in [0.5, 0.6) is 0 Å². The molecule has 1 N–H and O–H groups in total. The Bertz CT molecular complexity index is 334. The molecule has 5 atom stereocenters. The van der Waals surface area contributed by atoms with Crippen LogP contribution in [0.2, 0.25) is 0 Å². The summed E-state index contributed by atoms with van der Waals surface area (Å²) in [5, 5.41) is 10.3. The van der Waals surface area contributed by atoms with Gasteiger partial charge in [0.1, 0.15) is 6.10 Å². The molecule has 0 bridgehead atoms. The van der Waals surface area contributed by atoms with Crippen molar-refractivity contribution in [3.63, 3.8) is 0 Å². The van der Waals surface area contributed by atoms with Crippen LogP contribution in [0.4, 0.5) is 0 Å². The minimum absolute atomic E-state index is 0.0216. The number of fused-ring (bicyclic) bond motifs is 1. The molecule has 1 aliphatic heterocycles. The largest absolute Gasteiger partial charge is 0.461 e. The van der Waals surface area contributed by atoms with Gasteiger partial charge in [-0.1, -0.05) is 26.8 Å². The van der Waals surface area contributed by atoms with Crippen molar-refractivity contribution in [2.45, 2.75) is 45.8 Å². The van der Waals surface area contributed by atoms with Crippen molar-refractivity contribution in [2.75, 3.05) is 0 Å². The molecular weight excluding hydrogens is 216 g/mol. The van der Waals surface area contributed by atoms with Crippen LogP contribution in [0.1, 0.15) is 33.6 Å². The molecule has 3 heteroatoms. The molecule has 2 aliphatic rings. The highest BCUT2D eigenvalue weighted by Gasteiger charge is 2.56. The van der Waals surface area contributed by atoms with E-state index in [4.69, 9.17) is 4.74 Å². The topological polar surface area (TPSA) is 46.5 Å². The van der Waals surface area contributed by atoms with Gasteiger partial charge >= 0.3 is 5.97 Å². The molecule has 0 spiro atoms. The Hall–Kier alpha value is -0.830. The summed E-state index contributed by atoms with van der Waals surface area (Å²) in [6.45, 7) is 9.94. The lowest BCUT2D eigenvalue weighted by atomic mass is 9.83. The highest BCUT2D eigenvalue weighted by atomic mass is 16.6. The Morgan fingerprint density at radius 3 is 2.82 bits per heavy atom. The van der Waals surface area contributed by atoms with E-state index in [0.29, 0.717) is 6.42 Å². The molecule has 0 amide bonds. The molecule has 17 heavy (non-hydrogen) atoms. The first kappa shape index (κ1) is 12.6. The molecule has 0 aromatic heterocycles. The zero-order valence-corrected chi connectivity index (χ0v) is 10.8. The fourth-order valence-corrected chi connectivity index (χ4v) is 3.47.